The molecule has 0 unspecified atom stereocenters. The number of aliphatic imine (C=N–C) groups is 1. The van der Waals surface area contributed by atoms with Crippen LogP contribution in [-0.4, -0.2) is 24.0 Å². The number of hydrogen-bond acceptors (Lipinski definition) is 3. The quantitative estimate of drug-likeness (QED) is 0.655. The Balaban J connectivity index is 1.43. The Hall–Kier alpha value is -2.56. The van der Waals surface area contributed by atoms with Gasteiger partial charge in [-0.05, 0) is 73.4 Å². The molecule has 1 fully saturated rings. The van der Waals surface area contributed by atoms with E-state index in [-0.39, 0.29) is 0 Å². The van der Waals surface area contributed by atoms with Crippen molar-refractivity contribution < 1.29 is 0 Å². The van der Waals surface area contributed by atoms with E-state index in [0.29, 0.717) is 12.5 Å². The van der Waals surface area contributed by atoms with Crippen LogP contribution in [0.3, 0.4) is 0 Å². The van der Waals surface area contributed by atoms with Gasteiger partial charge in [-0.3, -0.25) is 0 Å². The summed E-state index contributed by atoms with van der Waals surface area (Å²) >= 11 is 0. The van der Waals surface area contributed by atoms with Gasteiger partial charge in [0.05, 0.1) is 6.54 Å². The number of nitrogens with zero attached hydrogens (tertiary/aromatic N) is 3. The first-order chi connectivity index (χ1) is 12.8. The second kappa shape index (κ2) is 7.77. The van der Waals surface area contributed by atoms with E-state index in [1.807, 2.05) is 12.3 Å². The largest absolute Gasteiger partial charge is 0.370 e. The van der Waals surface area contributed by atoms with Crippen LogP contribution < -0.4 is 16.0 Å². The molecule has 0 amide bonds. The molecule has 1 aromatic carbocycles. The molecule has 1 aliphatic heterocycles. The lowest BCUT2D eigenvalue weighted by atomic mass is 9.90. The fourth-order valence-corrected chi connectivity index (χ4v) is 3.93. The van der Waals surface area contributed by atoms with Gasteiger partial charge in [0.25, 0.3) is 0 Å². The molecule has 2 heterocycles. The monoisotopic (exact) mass is 349 g/mol. The summed E-state index contributed by atoms with van der Waals surface area (Å²) in [5.41, 5.74) is 11.3. The number of benzene rings is 1. The number of hydrogen-bond donors (Lipinski definition) is 2. The molecular formula is C21H27N5. The predicted molar refractivity (Wildman–Crippen MR) is 108 cm³/mol. The van der Waals surface area contributed by atoms with Crippen molar-refractivity contribution in [3.8, 4) is 0 Å². The zero-order valence-corrected chi connectivity index (χ0v) is 15.2. The van der Waals surface area contributed by atoms with Gasteiger partial charge < -0.3 is 16.0 Å². The minimum absolute atomic E-state index is 0.475. The minimum Gasteiger partial charge on any atom is -0.370 e. The Morgan fingerprint density at radius 1 is 1.12 bits per heavy atom. The zero-order chi connectivity index (χ0) is 17.8. The summed E-state index contributed by atoms with van der Waals surface area (Å²) in [6.45, 7) is 2.77. The Morgan fingerprint density at radius 3 is 2.85 bits per heavy atom. The average molecular weight is 349 g/mol. The first-order valence-corrected chi connectivity index (χ1v) is 9.67. The third kappa shape index (κ3) is 3.82. The molecule has 0 saturated carbocycles. The van der Waals surface area contributed by atoms with Crippen LogP contribution in [0.4, 0.5) is 11.5 Å². The van der Waals surface area contributed by atoms with Gasteiger partial charge in [0.15, 0.2) is 5.96 Å². The van der Waals surface area contributed by atoms with E-state index in [0.717, 1.165) is 43.0 Å². The van der Waals surface area contributed by atoms with Crippen LogP contribution in [-0.2, 0) is 19.4 Å². The summed E-state index contributed by atoms with van der Waals surface area (Å²) in [5, 5.41) is 3.31. The van der Waals surface area contributed by atoms with Crippen molar-refractivity contribution in [2.24, 2.45) is 10.7 Å². The minimum atomic E-state index is 0.475. The molecule has 3 N–H and O–H groups in total. The number of fused-ring (bicyclic) bond motifs is 1. The molecule has 2 aliphatic rings. The summed E-state index contributed by atoms with van der Waals surface area (Å²) in [7, 11) is 0. The number of pyridine rings is 1. The third-order valence-electron chi connectivity index (χ3n) is 5.33. The summed E-state index contributed by atoms with van der Waals surface area (Å²) in [4.78, 5) is 11.4. The van der Waals surface area contributed by atoms with Gasteiger partial charge >= 0.3 is 0 Å². The lowest BCUT2D eigenvalue weighted by molar-refractivity contribution is 0.687. The Morgan fingerprint density at radius 2 is 1.96 bits per heavy atom. The summed E-state index contributed by atoms with van der Waals surface area (Å²) in [6.07, 6.45) is 9.19. The van der Waals surface area contributed by atoms with Crippen LogP contribution in [0.1, 0.15) is 42.4 Å². The number of aryl methyl sites for hydroxylation is 1. The molecule has 136 valence electrons. The Bertz CT molecular complexity index is 793. The van der Waals surface area contributed by atoms with Gasteiger partial charge in [0, 0.05) is 25.0 Å². The SMILES string of the molecule is NC(=NCc1ccnc(N2CCCC2)c1)Nc1cccc2c1CCCC2. The number of nitrogens with two attached hydrogens (primary N) is 1. The van der Waals surface area contributed by atoms with Crippen molar-refractivity contribution in [1.29, 1.82) is 0 Å². The third-order valence-corrected chi connectivity index (χ3v) is 5.33. The number of rotatable bonds is 4. The molecule has 2 aromatic rings. The van der Waals surface area contributed by atoms with E-state index in [9.17, 15) is 0 Å². The predicted octanol–water partition coefficient (Wildman–Crippen LogP) is 3.49. The van der Waals surface area contributed by atoms with Crippen LogP contribution in [0, 0.1) is 0 Å². The van der Waals surface area contributed by atoms with E-state index >= 15 is 0 Å². The van der Waals surface area contributed by atoms with Gasteiger partial charge in [0.1, 0.15) is 5.82 Å². The maximum atomic E-state index is 6.16. The van der Waals surface area contributed by atoms with Crippen molar-refractivity contribution in [2.75, 3.05) is 23.3 Å². The van der Waals surface area contributed by atoms with Crippen LogP contribution in [0.2, 0.25) is 0 Å². The van der Waals surface area contributed by atoms with Crippen molar-refractivity contribution in [3.63, 3.8) is 0 Å². The lowest BCUT2D eigenvalue weighted by Gasteiger charge is -2.20. The van der Waals surface area contributed by atoms with Crippen molar-refractivity contribution in [1.82, 2.24) is 4.98 Å². The first-order valence-electron chi connectivity index (χ1n) is 9.67. The van der Waals surface area contributed by atoms with Gasteiger partial charge in [-0.15, -0.1) is 0 Å². The summed E-state index contributed by atoms with van der Waals surface area (Å²) in [6, 6.07) is 10.6. The van der Waals surface area contributed by atoms with Crippen LogP contribution >= 0.6 is 0 Å². The van der Waals surface area contributed by atoms with E-state index in [1.165, 1.54) is 36.8 Å². The maximum absolute atomic E-state index is 6.16. The summed E-state index contributed by atoms with van der Waals surface area (Å²) in [5.74, 6) is 1.53. The first kappa shape index (κ1) is 16.9. The summed E-state index contributed by atoms with van der Waals surface area (Å²) < 4.78 is 0. The van der Waals surface area contributed by atoms with E-state index < -0.39 is 0 Å². The van der Waals surface area contributed by atoms with Crippen molar-refractivity contribution >= 4 is 17.5 Å². The normalized spacial score (nSPS) is 17.2. The standard InChI is InChI=1S/C21H27N5/c22-21(25-19-9-5-7-17-6-1-2-8-18(17)19)24-15-16-10-11-23-20(14-16)26-12-3-4-13-26/h5,7,9-11,14H,1-4,6,8,12-13,15H2,(H3,22,24,25). The molecule has 1 saturated heterocycles. The molecule has 1 aromatic heterocycles. The highest BCUT2D eigenvalue weighted by atomic mass is 15.2. The molecule has 1 aliphatic carbocycles. The molecule has 0 spiro atoms. The topological polar surface area (TPSA) is 66.5 Å². The van der Waals surface area contributed by atoms with Crippen LogP contribution in [0.5, 0.6) is 0 Å². The smallest absolute Gasteiger partial charge is 0.193 e. The Labute approximate surface area is 155 Å². The fourth-order valence-electron chi connectivity index (χ4n) is 3.93. The average Bonchev–Trinajstić information content (AvgIpc) is 3.22. The maximum Gasteiger partial charge on any atom is 0.193 e. The molecular weight excluding hydrogens is 322 g/mol. The van der Waals surface area contributed by atoms with E-state index in [1.54, 1.807) is 0 Å². The van der Waals surface area contributed by atoms with Gasteiger partial charge in [-0.2, -0.15) is 0 Å². The fraction of sp³-hybridized carbons (Fsp3) is 0.429. The lowest BCUT2D eigenvalue weighted by Crippen LogP contribution is -2.24. The van der Waals surface area contributed by atoms with Crippen molar-refractivity contribution in [2.45, 2.75) is 45.1 Å². The second-order valence-corrected chi connectivity index (χ2v) is 7.19. The number of anilines is 2. The van der Waals surface area contributed by atoms with Crippen LogP contribution in [0.25, 0.3) is 0 Å². The van der Waals surface area contributed by atoms with Gasteiger partial charge in [-0.1, -0.05) is 12.1 Å². The van der Waals surface area contributed by atoms with Crippen molar-refractivity contribution in [3.05, 3.63) is 53.2 Å². The van der Waals surface area contributed by atoms with Crippen LogP contribution in [0.15, 0.2) is 41.5 Å². The molecule has 0 bridgehead atoms. The van der Waals surface area contributed by atoms with E-state index in [2.05, 4.69) is 44.5 Å². The number of guanidine groups is 1. The highest BCUT2D eigenvalue weighted by Crippen LogP contribution is 2.27. The molecule has 5 nitrogen and oxygen atoms in total. The Kier molecular flexibility index (Phi) is 5.04. The van der Waals surface area contributed by atoms with Gasteiger partial charge in [0.2, 0.25) is 0 Å². The molecule has 0 atom stereocenters. The molecule has 5 heteroatoms. The molecule has 4 rings (SSSR count). The highest BCUT2D eigenvalue weighted by molar-refractivity contribution is 5.93. The molecule has 26 heavy (non-hydrogen) atoms. The number of aromatic nitrogens is 1. The molecule has 0 radical (unpaired) electrons. The zero-order valence-electron chi connectivity index (χ0n) is 15.2. The van der Waals surface area contributed by atoms with Gasteiger partial charge in [-0.25, -0.2) is 9.98 Å². The second-order valence-electron chi connectivity index (χ2n) is 7.19. The highest BCUT2D eigenvalue weighted by Gasteiger charge is 2.14. The number of nitrogens with one attached hydrogen (secondary N) is 1. The van der Waals surface area contributed by atoms with E-state index in [4.69, 9.17) is 5.73 Å².